The summed E-state index contributed by atoms with van der Waals surface area (Å²) in [7, 11) is 0. The average molecular weight is 211 g/mol. The number of esters is 1. The van der Waals surface area contributed by atoms with E-state index in [0.29, 0.717) is 0 Å². The number of hydrogen-bond acceptors (Lipinski definition) is 3. The van der Waals surface area contributed by atoms with Crippen molar-refractivity contribution in [1.29, 1.82) is 0 Å². The lowest BCUT2D eigenvalue weighted by Gasteiger charge is -2.27. The van der Waals surface area contributed by atoms with Crippen molar-refractivity contribution in [2.45, 2.75) is 63.5 Å². The number of rotatable bonds is 2. The monoisotopic (exact) mass is 211 g/mol. The molecule has 0 amide bonds. The highest BCUT2D eigenvalue weighted by Gasteiger charge is 2.31. The molecule has 0 aliphatic heterocycles. The highest BCUT2D eigenvalue weighted by molar-refractivity contribution is 5.73. The lowest BCUT2D eigenvalue weighted by molar-refractivity contribution is -0.155. The molecule has 2 saturated carbocycles. The first-order valence-electron chi connectivity index (χ1n) is 6.23. The molecule has 0 spiro atoms. The molecule has 2 aliphatic rings. The molecule has 0 radical (unpaired) electrons. The maximum Gasteiger partial charge on any atom is 0.310 e. The van der Waals surface area contributed by atoms with Crippen LogP contribution in [0.15, 0.2) is 0 Å². The number of carbonyl (C=O) groups is 1. The van der Waals surface area contributed by atoms with E-state index in [0.717, 1.165) is 38.5 Å². The molecule has 0 saturated heterocycles. The molecule has 86 valence electrons. The van der Waals surface area contributed by atoms with Crippen LogP contribution < -0.4 is 5.73 Å². The minimum Gasteiger partial charge on any atom is -0.462 e. The third kappa shape index (κ3) is 2.71. The Balaban J connectivity index is 1.83. The molecule has 2 fully saturated rings. The van der Waals surface area contributed by atoms with Gasteiger partial charge in [-0.3, -0.25) is 4.79 Å². The predicted octanol–water partition coefficient (Wildman–Crippen LogP) is 1.99. The van der Waals surface area contributed by atoms with Gasteiger partial charge in [-0.05, 0) is 38.5 Å². The molecule has 0 bridgehead atoms. The summed E-state index contributed by atoms with van der Waals surface area (Å²) in [6.45, 7) is 0. The van der Waals surface area contributed by atoms with Crippen molar-refractivity contribution in [3.63, 3.8) is 0 Å². The Kier molecular flexibility index (Phi) is 3.62. The van der Waals surface area contributed by atoms with Crippen LogP contribution in [0.4, 0.5) is 0 Å². The lowest BCUT2D eigenvalue weighted by Crippen LogP contribution is -2.39. The zero-order valence-electron chi connectivity index (χ0n) is 9.28. The van der Waals surface area contributed by atoms with Crippen LogP contribution in [0.5, 0.6) is 0 Å². The minimum absolute atomic E-state index is 0.0284. The fraction of sp³-hybridized carbons (Fsp3) is 0.917. The van der Waals surface area contributed by atoms with E-state index >= 15 is 0 Å². The van der Waals surface area contributed by atoms with Crippen LogP contribution in [0.2, 0.25) is 0 Å². The first kappa shape index (κ1) is 10.9. The molecule has 0 aromatic rings. The van der Waals surface area contributed by atoms with Gasteiger partial charge in [0, 0.05) is 6.04 Å². The minimum atomic E-state index is -0.0332. The van der Waals surface area contributed by atoms with Gasteiger partial charge in [-0.25, -0.2) is 0 Å². The summed E-state index contributed by atoms with van der Waals surface area (Å²) in [6, 6.07) is 0.0349. The van der Waals surface area contributed by atoms with Gasteiger partial charge in [0.2, 0.25) is 0 Å². The largest absolute Gasteiger partial charge is 0.462 e. The van der Waals surface area contributed by atoms with Crippen LogP contribution in [0, 0.1) is 5.92 Å². The summed E-state index contributed by atoms with van der Waals surface area (Å²) in [5, 5.41) is 0. The molecular formula is C12H21NO2. The molecule has 0 aromatic carbocycles. The van der Waals surface area contributed by atoms with E-state index in [1.54, 1.807) is 0 Å². The smallest absolute Gasteiger partial charge is 0.310 e. The molecule has 0 heterocycles. The van der Waals surface area contributed by atoms with Crippen LogP contribution in [0.1, 0.15) is 51.4 Å². The van der Waals surface area contributed by atoms with Gasteiger partial charge < -0.3 is 10.5 Å². The molecule has 3 heteroatoms. The Morgan fingerprint density at radius 2 is 1.60 bits per heavy atom. The molecule has 2 aliphatic carbocycles. The van der Waals surface area contributed by atoms with Crippen molar-refractivity contribution in [3.8, 4) is 0 Å². The number of nitrogens with two attached hydrogens (primary N) is 1. The maximum atomic E-state index is 11.9. The van der Waals surface area contributed by atoms with E-state index in [1.165, 1.54) is 12.8 Å². The third-order valence-corrected chi connectivity index (χ3v) is 3.71. The summed E-state index contributed by atoms with van der Waals surface area (Å²) in [5.41, 5.74) is 5.95. The Labute approximate surface area is 91.4 Å². The van der Waals surface area contributed by atoms with Crippen molar-refractivity contribution in [3.05, 3.63) is 0 Å². The molecule has 3 nitrogen and oxygen atoms in total. The molecular weight excluding hydrogens is 190 g/mol. The zero-order chi connectivity index (χ0) is 10.7. The topological polar surface area (TPSA) is 52.3 Å². The standard InChI is InChI=1S/C12H21NO2/c13-11-8-4-3-7-10(11)12(14)15-9-5-1-2-6-9/h9-11H,1-8,13H2. The van der Waals surface area contributed by atoms with Gasteiger partial charge in [-0.1, -0.05) is 12.8 Å². The van der Waals surface area contributed by atoms with Crippen molar-refractivity contribution >= 4 is 5.97 Å². The van der Waals surface area contributed by atoms with E-state index in [9.17, 15) is 4.79 Å². The van der Waals surface area contributed by atoms with E-state index in [1.807, 2.05) is 0 Å². The van der Waals surface area contributed by atoms with Crippen LogP contribution in [-0.2, 0) is 9.53 Å². The van der Waals surface area contributed by atoms with Crippen molar-refractivity contribution < 1.29 is 9.53 Å². The predicted molar refractivity (Wildman–Crippen MR) is 58.3 cm³/mol. The Morgan fingerprint density at radius 3 is 2.27 bits per heavy atom. The number of carbonyl (C=O) groups excluding carboxylic acids is 1. The second-order valence-corrected chi connectivity index (χ2v) is 4.90. The summed E-state index contributed by atoms with van der Waals surface area (Å²) in [4.78, 5) is 11.9. The quantitative estimate of drug-likeness (QED) is 0.711. The summed E-state index contributed by atoms with van der Waals surface area (Å²) < 4.78 is 5.50. The fourth-order valence-corrected chi connectivity index (χ4v) is 2.71. The molecule has 0 aromatic heterocycles. The van der Waals surface area contributed by atoms with Crippen molar-refractivity contribution in [2.75, 3.05) is 0 Å². The van der Waals surface area contributed by atoms with E-state index in [4.69, 9.17) is 10.5 Å². The summed E-state index contributed by atoms with van der Waals surface area (Å²) in [6.07, 6.45) is 8.88. The van der Waals surface area contributed by atoms with Crippen molar-refractivity contribution in [1.82, 2.24) is 0 Å². The number of ether oxygens (including phenoxy) is 1. The van der Waals surface area contributed by atoms with Crippen LogP contribution in [-0.4, -0.2) is 18.1 Å². The molecule has 2 N–H and O–H groups in total. The Morgan fingerprint density at radius 1 is 1.00 bits per heavy atom. The van der Waals surface area contributed by atoms with Crippen molar-refractivity contribution in [2.24, 2.45) is 11.7 Å². The highest BCUT2D eigenvalue weighted by atomic mass is 16.5. The van der Waals surface area contributed by atoms with Gasteiger partial charge in [0.25, 0.3) is 0 Å². The summed E-state index contributed by atoms with van der Waals surface area (Å²) >= 11 is 0. The van der Waals surface area contributed by atoms with Gasteiger partial charge in [-0.15, -0.1) is 0 Å². The zero-order valence-corrected chi connectivity index (χ0v) is 9.28. The van der Waals surface area contributed by atoms with Gasteiger partial charge in [0.15, 0.2) is 0 Å². The van der Waals surface area contributed by atoms with Gasteiger partial charge in [0.1, 0.15) is 6.10 Å². The first-order valence-corrected chi connectivity index (χ1v) is 6.23. The fourth-order valence-electron chi connectivity index (χ4n) is 2.71. The highest BCUT2D eigenvalue weighted by Crippen LogP contribution is 2.27. The van der Waals surface area contributed by atoms with E-state index < -0.39 is 0 Å². The Hall–Kier alpha value is -0.570. The second-order valence-electron chi connectivity index (χ2n) is 4.90. The van der Waals surface area contributed by atoms with Gasteiger partial charge in [0.05, 0.1) is 5.92 Å². The van der Waals surface area contributed by atoms with Gasteiger partial charge >= 0.3 is 5.97 Å². The lowest BCUT2D eigenvalue weighted by atomic mass is 9.85. The van der Waals surface area contributed by atoms with Crippen LogP contribution in [0.25, 0.3) is 0 Å². The van der Waals surface area contributed by atoms with Crippen LogP contribution in [0.3, 0.4) is 0 Å². The van der Waals surface area contributed by atoms with Crippen LogP contribution >= 0.6 is 0 Å². The van der Waals surface area contributed by atoms with Gasteiger partial charge in [-0.2, -0.15) is 0 Å². The van der Waals surface area contributed by atoms with E-state index in [-0.39, 0.29) is 24.0 Å². The normalized spacial score (nSPS) is 32.9. The molecule has 2 atom stereocenters. The molecule has 2 unspecified atom stereocenters. The number of hydrogen-bond donors (Lipinski definition) is 1. The SMILES string of the molecule is NC1CCCCC1C(=O)OC1CCCC1. The molecule has 2 rings (SSSR count). The Bertz CT molecular complexity index is 224. The molecule has 15 heavy (non-hydrogen) atoms. The van der Waals surface area contributed by atoms with E-state index in [2.05, 4.69) is 0 Å². The average Bonchev–Trinajstić information content (AvgIpc) is 2.71. The third-order valence-electron chi connectivity index (χ3n) is 3.71. The second kappa shape index (κ2) is 4.97. The first-order chi connectivity index (χ1) is 7.27. The summed E-state index contributed by atoms with van der Waals surface area (Å²) in [5.74, 6) is -0.0616. The maximum absolute atomic E-state index is 11.9.